The Morgan fingerprint density at radius 3 is 3.00 bits per heavy atom. The van der Waals surface area contributed by atoms with Gasteiger partial charge >= 0.3 is 0 Å². The van der Waals surface area contributed by atoms with Crippen LogP contribution in [0.5, 0.6) is 0 Å². The van der Waals surface area contributed by atoms with Gasteiger partial charge in [-0.25, -0.2) is 0 Å². The van der Waals surface area contributed by atoms with Crippen molar-refractivity contribution in [2.75, 3.05) is 31.6 Å². The Hall–Kier alpha value is -1.24. The van der Waals surface area contributed by atoms with Crippen molar-refractivity contribution in [1.29, 1.82) is 5.26 Å². The second kappa shape index (κ2) is 5.60. The highest BCUT2D eigenvalue weighted by Gasteiger charge is 2.25. The number of nitriles is 1. The van der Waals surface area contributed by atoms with Gasteiger partial charge in [-0.3, -0.25) is 4.90 Å². The number of halogens is 1. The van der Waals surface area contributed by atoms with Crippen molar-refractivity contribution >= 4 is 17.3 Å². The van der Waals surface area contributed by atoms with Crippen molar-refractivity contribution in [3.8, 4) is 6.07 Å². The third kappa shape index (κ3) is 2.77. The van der Waals surface area contributed by atoms with Gasteiger partial charge in [-0.05, 0) is 38.1 Å². The van der Waals surface area contributed by atoms with E-state index < -0.39 is 0 Å². The summed E-state index contributed by atoms with van der Waals surface area (Å²) in [4.78, 5) is 4.46. The molecule has 1 atom stereocenters. The number of anilines is 1. The summed E-state index contributed by atoms with van der Waals surface area (Å²) >= 11 is 6.16. The Morgan fingerprint density at radius 1 is 1.56 bits per heavy atom. The van der Waals surface area contributed by atoms with Gasteiger partial charge in [0.05, 0.1) is 12.6 Å². The van der Waals surface area contributed by atoms with E-state index in [0.29, 0.717) is 12.6 Å². The molecule has 0 N–H and O–H groups in total. The maximum Gasteiger partial charge on any atom is 0.0866 e. The molecule has 1 saturated heterocycles. The highest BCUT2D eigenvalue weighted by atomic mass is 35.5. The van der Waals surface area contributed by atoms with Crippen LogP contribution >= 0.6 is 11.6 Å². The lowest BCUT2D eigenvalue weighted by atomic mass is 10.2. The van der Waals surface area contributed by atoms with Gasteiger partial charge in [-0.15, -0.1) is 0 Å². The summed E-state index contributed by atoms with van der Waals surface area (Å²) in [6.07, 6.45) is 1.10. The van der Waals surface area contributed by atoms with Crippen LogP contribution in [0.15, 0.2) is 18.2 Å². The summed E-state index contributed by atoms with van der Waals surface area (Å²) in [5, 5.41) is 9.54. The molecule has 96 valence electrons. The fourth-order valence-corrected chi connectivity index (χ4v) is 2.53. The van der Waals surface area contributed by atoms with E-state index in [1.165, 1.54) is 5.69 Å². The lowest BCUT2D eigenvalue weighted by Crippen LogP contribution is -2.34. The maximum atomic E-state index is 8.72. The quantitative estimate of drug-likeness (QED) is 0.786. The molecule has 0 spiro atoms. The number of rotatable bonds is 3. The van der Waals surface area contributed by atoms with Gasteiger partial charge in [0.15, 0.2) is 0 Å². The van der Waals surface area contributed by atoms with Gasteiger partial charge in [-0.2, -0.15) is 5.26 Å². The van der Waals surface area contributed by atoms with E-state index in [1.54, 1.807) is 0 Å². The average molecular weight is 264 g/mol. The van der Waals surface area contributed by atoms with E-state index in [-0.39, 0.29) is 0 Å². The summed E-state index contributed by atoms with van der Waals surface area (Å²) in [6.45, 7) is 4.50. The van der Waals surface area contributed by atoms with E-state index in [9.17, 15) is 0 Å². The molecular formula is C14H18ClN3. The number of likely N-dealkylation sites (N-methyl/N-ethyl adjacent to an activating group) is 1. The molecular weight excluding hydrogens is 246 g/mol. The van der Waals surface area contributed by atoms with Crippen molar-refractivity contribution in [2.45, 2.75) is 19.4 Å². The zero-order valence-electron chi connectivity index (χ0n) is 10.9. The number of hydrogen-bond acceptors (Lipinski definition) is 3. The second-order valence-corrected chi connectivity index (χ2v) is 5.30. The fraction of sp³-hybridized carbons (Fsp3) is 0.500. The standard InChI is InChI=1S/C14H18ClN3/c1-11-3-4-12(9-14(11)15)18-7-5-13(10-18)17(2)8-6-16/h3-4,9,13H,5,7-8,10H2,1-2H3. The van der Waals surface area contributed by atoms with Gasteiger partial charge in [0.1, 0.15) is 0 Å². The predicted octanol–water partition coefficient (Wildman–Crippen LogP) is 2.68. The van der Waals surface area contributed by atoms with Gasteiger partial charge in [0.2, 0.25) is 0 Å². The largest absolute Gasteiger partial charge is 0.370 e. The molecule has 1 aliphatic heterocycles. The van der Waals surface area contributed by atoms with E-state index in [0.717, 1.165) is 30.1 Å². The number of nitrogens with zero attached hydrogens (tertiary/aromatic N) is 3. The molecule has 0 aliphatic carbocycles. The molecule has 1 fully saturated rings. The SMILES string of the molecule is Cc1ccc(N2CCC(N(C)CC#N)C2)cc1Cl. The molecule has 1 aromatic carbocycles. The van der Waals surface area contributed by atoms with Crippen LogP contribution in [0.2, 0.25) is 5.02 Å². The minimum Gasteiger partial charge on any atom is -0.370 e. The van der Waals surface area contributed by atoms with E-state index in [2.05, 4.69) is 28.0 Å². The zero-order chi connectivity index (χ0) is 13.1. The first-order valence-corrected chi connectivity index (χ1v) is 6.58. The molecule has 0 radical (unpaired) electrons. The molecule has 3 nitrogen and oxygen atoms in total. The van der Waals surface area contributed by atoms with Crippen LogP contribution in [-0.2, 0) is 0 Å². The highest BCUT2D eigenvalue weighted by Crippen LogP contribution is 2.27. The Labute approximate surface area is 114 Å². The van der Waals surface area contributed by atoms with Gasteiger partial charge in [0, 0.05) is 29.8 Å². The van der Waals surface area contributed by atoms with Gasteiger partial charge in [-0.1, -0.05) is 17.7 Å². The number of hydrogen-bond donors (Lipinski definition) is 0. The molecule has 1 heterocycles. The van der Waals surface area contributed by atoms with E-state index in [4.69, 9.17) is 16.9 Å². The van der Waals surface area contributed by atoms with Gasteiger partial charge < -0.3 is 4.90 Å². The molecule has 2 rings (SSSR count). The third-order valence-corrected chi connectivity index (χ3v) is 4.03. The summed E-state index contributed by atoms with van der Waals surface area (Å²) in [7, 11) is 2.01. The Morgan fingerprint density at radius 2 is 2.33 bits per heavy atom. The zero-order valence-corrected chi connectivity index (χ0v) is 11.6. The highest BCUT2D eigenvalue weighted by molar-refractivity contribution is 6.31. The molecule has 0 amide bonds. The smallest absolute Gasteiger partial charge is 0.0866 e. The summed E-state index contributed by atoms with van der Waals surface area (Å²) in [5.74, 6) is 0. The minimum absolute atomic E-state index is 0.463. The Kier molecular flexibility index (Phi) is 4.11. The van der Waals surface area contributed by atoms with Crippen LogP contribution in [0, 0.1) is 18.3 Å². The Bertz CT molecular complexity index is 467. The summed E-state index contributed by atoms with van der Waals surface area (Å²) < 4.78 is 0. The number of benzene rings is 1. The van der Waals surface area contributed by atoms with E-state index >= 15 is 0 Å². The molecule has 1 aromatic rings. The minimum atomic E-state index is 0.463. The van der Waals surface area contributed by atoms with Crippen LogP contribution in [0.25, 0.3) is 0 Å². The van der Waals surface area contributed by atoms with Crippen molar-refractivity contribution in [1.82, 2.24) is 4.90 Å². The monoisotopic (exact) mass is 263 g/mol. The first kappa shape index (κ1) is 13.2. The lowest BCUT2D eigenvalue weighted by molar-refractivity contribution is 0.289. The van der Waals surface area contributed by atoms with Crippen LogP contribution in [-0.4, -0.2) is 37.6 Å². The van der Waals surface area contributed by atoms with Crippen LogP contribution < -0.4 is 4.90 Å². The van der Waals surface area contributed by atoms with Gasteiger partial charge in [0.25, 0.3) is 0 Å². The normalized spacial score (nSPS) is 19.3. The Balaban J connectivity index is 2.04. The van der Waals surface area contributed by atoms with Crippen LogP contribution in [0.1, 0.15) is 12.0 Å². The second-order valence-electron chi connectivity index (χ2n) is 4.90. The lowest BCUT2D eigenvalue weighted by Gasteiger charge is -2.23. The van der Waals surface area contributed by atoms with Crippen LogP contribution in [0.4, 0.5) is 5.69 Å². The van der Waals surface area contributed by atoms with Crippen molar-refractivity contribution < 1.29 is 0 Å². The number of aryl methyl sites for hydroxylation is 1. The molecule has 0 saturated carbocycles. The van der Waals surface area contributed by atoms with Crippen molar-refractivity contribution in [3.05, 3.63) is 28.8 Å². The van der Waals surface area contributed by atoms with Crippen molar-refractivity contribution in [3.63, 3.8) is 0 Å². The molecule has 4 heteroatoms. The van der Waals surface area contributed by atoms with Crippen molar-refractivity contribution in [2.24, 2.45) is 0 Å². The molecule has 0 bridgehead atoms. The first-order valence-electron chi connectivity index (χ1n) is 6.20. The maximum absolute atomic E-state index is 8.72. The fourth-order valence-electron chi connectivity index (χ4n) is 2.36. The van der Waals surface area contributed by atoms with Crippen LogP contribution in [0.3, 0.4) is 0 Å². The predicted molar refractivity (Wildman–Crippen MR) is 75.1 cm³/mol. The summed E-state index contributed by atoms with van der Waals surface area (Å²) in [5.41, 5.74) is 2.29. The molecule has 18 heavy (non-hydrogen) atoms. The molecule has 1 unspecified atom stereocenters. The van der Waals surface area contributed by atoms with E-state index in [1.807, 2.05) is 20.0 Å². The molecule has 0 aromatic heterocycles. The first-order chi connectivity index (χ1) is 8.61. The average Bonchev–Trinajstić information content (AvgIpc) is 2.82. The third-order valence-electron chi connectivity index (χ3n) is 3.63. The summed E-state index contributed by atoms with van der Waals surface area (Å²) in [6, 6.07) is 8.87. The topological polar surface area (TPSA) is 30.3 Å². The molecule has 1 aliphatic rings.